The minimum absolute atomic E-state index is 0.0382. The molecule has 0 aliphatic carbocycles. The number of hydrazine groups is 3. The highest BCUT2D eigenvalue weighted by Gasteiger charge is 2.19. The van der Waals surface area contributed by atoms with Crippen LogP contribution in [0, 0.1) is 0 Å². The number of nitrogens with zero attached hydrogens (tertiary/aromatic N) is 3. The molecule has 2 heterocycles. The van der Waals surface area contributed by atoms with Crippen LogP contribution in [0.4, 0.5) is 0 Å². The predicted octanol–water partition coefficient (Wildman–Crippen LogP) is 3.27. The number of hydrogen-bond donors (Lipinski definition) is 4. The molecule has 1 aliphatic heterocycles. The highest BCUT2D eigenvalue weighted by Crippen LogP contribution is 2.28. The highest BCUT2D eigenvalue weighted by atomic mass is 16.2. The van der Waals surface area contributed by atoms with Crippen LogP contribution in [0.25, 0.3) is 17.2 Å². The molecule has 1 unspecified atom stereocenters. The summed E-state index contributed by atoms with van der Waals surface area (Å²) in [4.78, 5) is 13.0. The van der Waals surface area contributed by atoms with Gasteiger partial charge in [-0.3, -0.25) is 4.57 Å². The van der Waals surface area contributed by atoms with Crippen LogP contribution in [-0.2, 0) is 6.54 Å². The lowest BCUT2D eigenvalue weighted by atomic mass is 9.97. The van der Waals surface area contributed by atoms with E-state index in [4.69, 9.17) is 0 Å². The summed E-state index contributed by atoms with van der Waals surface area (Å²) in [6.07, 6.45) is 5.69. The maximum absolute atomic E-state index is 13.0. The van der Waals surface area contributed by atoms with Gasteiger partial charge in [0.1, 0.15) is 6.17 Å². The molecule has 1 aromatic heterocycles. The van der Waals surface area contributed by atoms with E-state index < -0.39 is 0 Å². The van der Waals surface area contributed by atoms with Gasteiger partial charge in [-0.15, -0.1) is 0 Å². The fourth-order valence-corrected chi connectivity index (χ4v) is 3.78. The molecular formula is C24H31N7O. The average molecular weight is 434 g/mol. The monoisotopic (exact) mass is 433 g/mol. The van der Waals surface area contributed by atoms with Crippen molar-refractivity contribution in [3.63, 3.8) is 0 Å². The van der Waals surface area contributed by atoms with Crippen LogP contribution in [-0.4, -0.2) is 14.3 Å². The molecule has 4 rings (SSSR count). The molecule has 3 aromatic rings. The summed E-state index contributed by atoms with van der Waals surface area (Å²) in [6, 6.07) is 16.7. The molecular weight excluding hydrogens is 402 g/mol. The minimum Gasteiger partial charge on any atom is -0.271 e. The van der Waals surface area contributed by atoms with Gasteiger partial charge in [0.25, 0.3) is 0 Å². The maximum atomic E-state index is 13.0. The largest absolute Gasteiger partial charge is 0.346 e. The number of benzene rings is 2. The molecule has 8 heteroatoms. The molecule has 1 aliphatic rings. The molecule has 4 N–H and O–H groups in total. The van der Waals surface area contributed by atoms with Gasteiger partial charge in [-0.2, -0.15) is 16.2 Å². The Morgan fingerprint density at radius 2 is 1.78 bits per heavy atom. The first-order valence-corrected chi connectivity index (χ1v) is 11.2. The zero-order valence-corrected chi connectivity index (χ0v) is 18.8. The number of rotatable bonds is 8. The minimum atomic E-state index is -0.0668. The lowest BCUT2D eigenvalue weighted by Gasteiger charge is -2.15. The Balaban J connectivity index is 1.62. The fraction of sp³-hybridized carbons (Fsp3) is 0.333. The first-order valence-electron chi connectivity index (χ1n) is 11.2. The Hall–Kier alpha value is -3.04. The predicted molar refractivity (Wildman–Crippen MR) is 127 cm³/mol. The molecule has 0 amide bonds. The fourth-order valence-electron chi connectivity index (χ4n) is 3.78. The molecule has 2 aromatic carbocycles. The number of nitrogens with one attached hydrogen (secondary N) is 4. The second kappa shape index (κ2) is 10.1. The molecule has 32 heavy (non-hydrogen) atoms. The Labute approximate surface area is 188 Å². The molecule has 0 spiro atoms. The second-order valence-corrected chi connectivity index (χ2v) is 8.00. The SMILES string of the molecule is CC/C=C/c1nn(C(C)CC)c(=O)n1Cc1ccc(-c2ccccc2C2NNNN2)cc1. The van der Waals surface area contributed by atoms with Crippen molar-refractivity contribution in [1.82, 2.24) is 36.3 Å². The third-order valence-corrected chi connectivity index (χ3v) is 5.80. The molecule has 0 radical (unpaired) electrons. The van der Waals surface area contributed by atoms with Crippen molar-refractivity contribution >= 4 is 6.08 Å². The van der Waals surface area contributed by atoms with Gasteiger partial charge < -0.3 is 0 Å². The number of aromatic nitrogens is 3. The van der Waals surface area contributed by atoms with E-state index >= 15 is 0 Å². The summed E-state index contributed by atoms with van der Waals surface area (Å²) in [5, 5.41) is 4.59. The van der Waals surface area contributed by atoms with Crippen molar-refractivity contribution in [1.29, 1.82) is 0 Å². The van der Waals surface area contributed by atoms with E-state index in [-0.39, 0.29) is 17.9 Å². The number of hydrogen-bond acceptors (Lipinski definition) is 6. The van der Waals surface area contributed by atoms with Gasteiger partial charge in [0.2, 0.25) is 0 Å². The van der Waals surface area contributed by atoms with E-state index in [1.54, 1.807) is 9.25 Å². The van der Waals surface area contributed by atoms with E-state index in [2.05, 4.69) is 77.3 Å². The third kappa shape index (κ3) is 4.58. The van der Waals surface area contributed by atoms with E-state index in [0.717, 1.165) is 35.1 Å². The molecule has 168 valence electrons. The number of allylic oxidation sites excluding steroid dienone is 1. The van der Waals surface area contributed by atoms with Crippen molar-refractivity contribution in [2.75, 3.05) is 0 Å². The summed E-state index contributed by atoms with van der Waals surface area (Å²) in [7, 11) is 0. The Morgan fingerprint density at radius 1 is 1.06 bits per heavy atom. The molecule has 1 fully saturated rings. The second-order valence-electron chi connectivity index (χ2n) is 8.00. The zero-order chi connectivity index (χ0) is 22.5. The normalized spacial score (nSPS) is 15.6. The molecule has 1 saturated heterocycles. The van der Waals surface area contributed by atoms with Crippen LogP contribution < -0.4 is 27.6 Å². The van der Waals surface area contributed by atoms with Crippen molar-refractivity contribution in [3.8, 4) is 11.1 Å². The Morgan fingerprint density at radius 3 is 2.47 bits per heavy atom. The average Bonchev–Trinajstić information content (AvgIpc) is 3.47. The summed E-state index contributed by atoms with van der Waals surface area (Å²) in [5.74, 6) is 0.699. The van der Waals surface area contributed by atoms with E-state index in [9.17, 15) is 4.79 Å². The van der Waals surface area contributed by atoms with Gasteiger partial charge in [-0.1, -0.05) is 68.5 Å². The summed E-state index contributed by atoms with van der Waals surface area (Å²) in [5.41, 5.74) is 16.4. The van der Waals surface area contributed by atoms with Crippen LogP contribution >= 0.6 is 0 Å². The van der Waals surface area contributed by atoms with E-state index in [0.29, 0.717) is 12.4 Å². The Bertz CT molecular complexity index is 1120. The molecule has 0 bridgehead atoms. The first-order chi connectivity index (χ1) is 15.6. The summed E-state index contributed by atoms with van der Waals surface area (Å²) >= 11 is 0. The van der Waals surface area contributed by atoms with Crippen molar-refractivity contribution in [3.05, 3.63) is 82.0 Å². The van der Waals surface area contributed by atoms with Gasteiger partial charge in [0, 0.05) is 0 Å². The van der Waals surface area contributed by atoms with Gasteiger partial charge in [0.15, 0.2) is 5.82 Å². The first kappa shape index (κ1) is 22.2. The highest BCUT2D eigenvalue weighted by molar-refractivity contribution is 5.68. The van der Waals surface area contributed by atoms with Gasteiger partial charge in [0.05, 0.1) is 12.6 Å². The van der Waals surface area contributed by atoms with Gasteiger partial charge >= 0.3 is 5.69 Å². The quantitative estimate of drug-likeness (QED) is 0.436. The van der Waals surface area contributed by atoms with Crippen LogP contribution in [0.5, 0.6) is 0 Å². The third-order valence-electron chi connectivity index (χ3n) is 5.80. The van der Waals surface area contributed by atoms with Gasteiger partial charge in [-0.05, 0) is 48.1 Å². The standard InChI is InChI=1S/C24H31N7O/c1-4-6-11-22-27-31(17(3)5-2)24(32)30(22)16-18-12-14-19(15-13-18)20-9-7-8-10-21(20)23-25-28-29-26-23/h6-15,17,23,25-26,28-29H,4-5,16H2,1-3H3/b11-6+. The molecule has 0 saturated carbocycles. The van der Waals surface area contributed by atoms with Crippen molar-refractivity contribution < 1.29 is 0 Å². The van der Waals surface area contributed by atoms with E-state index in [1.807, 2.05) is 31.2 Å². The topological polar surface area (TPSA) is 87.9 Å². The lowest BCUT2D eigenvalue weighted by Crippen LogP contribution is -2.33. The van der Waals surface area contributed by atoms with E-state index in [1.165, 1.54) is 0 Å². The maximum Gasteiger partial charge on any atom is 0.346 e. The summed E-state index contributed by atoms with van der Waals surface area (Å²) < 4.78 is 3.36. The van der Waals surface area contributed by atoms with Gasteiger partial charge in [-0.25, -0.2) is 20.3 Å². The summed E-state index contributed by atoms with van der Waals surface area (Å²) in [6.45, 7) is 6.65. The van der Waals surface area contributed by atoms with Crippen LogP contribution in [0.2, 0.25) is 0 Å². The smallest absolute Gasteiger partial charge is 0.271 e. The van der Waals surface area contributed by atoms with Crippen molar-refractivity contribution in [2.45, 2.75) is 52.4 Å². The molecule has 8 nitrogen and oxygen atoms in total. The van der Waals surface area contributed by atoms with Crippen LogP contribution in [0.15, 0.2) is 59.4 Å². The zero-order valence-electron chi connectivity index (χ0n) is 18.8. The van der Waals surface area contributed by atoms with Crippen LogP contribution in [0.3, 0.4) is 0 Å². The van der Waals surface area contributed by atoms with Crippen LogP contribution in [0.1, 0.15) is 62.8 Å². The Kier molecular flexibility index (Phi) is 6.96. The van der Waals surface area contributed by atoms with Crippen molar-refractivity contribution in [2.24, 2.45) is 0 Å². The lowest BCUT2D eigenvalue weighted by molar-refractivity contribution is 0.457. The molecule has 1 atom stereocenters.